The van der Waals surface area contributed by atoms with Crippen LogP contribution >= 0.6 is 0 Å². The number of aliphatic hydroxyl groups is 4. The first-order valence-corrected chi connectivity index (χ1v) is 14.2. The number of rotatable bonds is 2. The van der Waals surface area contributed by atoms with E-state index in [0.29, 0.717) is 25.2 Å². The number of carboxylic acids is 1. The van der Waals surface area contributed by atoms with E-state index in [1.807, 2.05) is 6.92 Å². The van der Waals surface area contributed by atoms with E-state index in [9.17, 15) is 30.3 Å². The Morgan fingerprint density at radius 1 is 1.00 bits per heavy atom. The second-order valence-electron chi connectivity index (χ2n) is 14.6. The predicted octanol–water partition coefficient (Wildman–Crippen LogP) is 4.00. The molecule has 0 bridgehead atoms. The fourth-order valence-electron chi connectivity index (χ4n) is 11.2. The maximum atomic E-state index is 12.8. The highest BCUT2D eigenvalue weighted by molar-refractivity contribution is 5.76. The van der Waals surface area contributed by atoms with Gasteiger partial charge < -0.3 is 25.5 Å². The van der Waals surface area contributed by atoms with Crippen molar-refractivity contribution >= 4 is 5.97 Å². The summed E-state index contributed by atoms with van der Waals surface area (Å²) in [5.41, 5.74) is -1.41. The van der Waals surface area contributed by atoms with Gasteiger partial charge in [0, 0.05) is 11.3 Å². The van der Waals surface area contributed by atoms with Crippen molar-refractivity contribution in [2.75, 3.05) is 6.61 Å². The lowest BCUT2D eigenvalue weighted by molar-refractivity contribution is -0.273. The van der Waals surface area contributed by atoms with Crippen molar-refractivity contribution in [3.05, 3.63) is 11.6 Å². The van der Waals surface area contributed by atoms with Gasteiger partial charge in [0.25, 0.3) is 0 Å². The third kappa shape index (κ3) is 2.96. The van der Waals surface area contributed by atoms with E-state index in [1.54, 1.807) is 0 Å². The van der Waals surface area contributed by atoms with E-state index < -0.39 is 40.5 Å². The van der Waals surface area contributed by atoms with Crippen LogP contribution in [-0.2, 0) is 4.79 Å². The summed E-state index contributed by atoms with van der Waals surface area (Å²) in [6, 6.07) is 0. The summed E-state index contributed by atoms with van der Waals surface area (Å²) in [5, 5.41) is 54.7. The van der Waals surface area contributed by atoms with Crippen LogP contribution in [0.3, 0.4) is 0 Å². The number of allylic oxidation sites excluding steroid dienone is 2. The normalized spacial score (nSPS) is 58.6. The largest absolute Gasteiger partial charge is 0.481 e. The third-order valence-electron chi connectivity index (χ3n) is 13.4. The molecule has 6 heteroatoms. The molecule has 0 aromatic carbocycles. The van der Waals surface area contributed by atoms with Crippen LogP contribution in [0.1, 0.15) is 86.5 Å². The lowest BCUT2D eigenvalue weighted by Crippen LogP contribution is -2.71. The number of fused-ring (bicyclic) bond motifs is 7. The van der Waals surface area contributed by atoms with Crippen LogP contribution in [0.15, 0.2) is 11.6 Å². The average molecular weight is 505 g/mol. The van der Waals surface area contributed by atoms with E-state index in [4.69, 9.17) is 0 Å². The molecule has 0 spiro atoms. The Morgan fingerprint density at radius 2 is 1.67 bits per heavy atom. The summed E-state index contributed by atoms with van der Waals surface area (Å²) in [7, 11) is 0. The topological polar surface area (TPSA) is 118 Å². The predicted molar refractivity (Wildman–Crippen MR) is 137 cm³/mol. The Bertz CT molecular complexity index is 963. The second kappa shape index (κ2) is 8.03. The van der Waals surface area contributed by atoms with Crippen molar-refractivity contribution in [2.24, 2.45) is 56.7 Å². The molecular weight excluding hydrogens is 456 g/mol. The van der Waals surface area contributed by atoms with Crippen molar-refractivity contribution in [3.63, 3.8) is 0 Å². The molecule has 0 heterocycles. The molecule has 36 heavy (non-hydrogen) atoms. The van der Waals surface area contributed by atoms with Gasteiger partial charge in [0.05, 0.1) is 30.3 Å². The Kier molecular flexibility index (Phi) is 5.95. The van der Waals surface area contributed by atoms with Crippen LogP contribution in [0.25, 0.3) is 0 Å². The van der Waals surface area contributed by atoms with E-state index in [2.05, 4.69) is 40.7 Å². The molecule has 0 saturated heterocycles. The summed E-state index contributed by atoms with van der Waals surface area (Å²) in [5.74, 6) is -0.0914. The average Bonchev–Trinajstić information content (AvgIpc) is 2.80. The molecule has 0 radical (unpaired) electrons. The molecule has 0 amide bonds. The van der Waals surface area contributed by atoms with Crippen molar-refractivity contribution in [1.29, 1.82) is 0 Å². The monoisotopic (exact) mass is 504 g/mol. The standard InChI is InChI=1S/C30H48O6/c1-16-9-10-30(25(35)36)12-11-28(5)18(22(30)17(16)2)7-8-21-26(3)13-20(33)24(34)27(4,15-31)23(26)19(32)14-29(21,28)6/h7,16-17,19-24,31-34H,8-15H2,1-6H3,(H,35,36)/t16-,17-,19+,20+,21+,22+,23-,24+,26-,27+,28-,29+,30-/m1/s1. The first-order chi connectivity index (χ1) is 16.6. The van der Waals surface area contributed by atoms with Crippen molar-refractivity contribution < 1.29 is 30.3 Å². The van der Waals surface area contributed by atoms with E-state index >= 15 is 0 Å². The number of hydrogen-bond donors (Lipinski definition) is 5. The molecule has 13 atom stereocenters. The van der Waals surface area contributed by atoms with Crippen molar-refractivity contribution in [2.45, 2.75) is 105 Å². The zero-order valence-electron chi connectivity index (χ0n) is 23.0. The first-order valence-electron chi connectivity index (χ1n) is 14.2. The van der Waals surface area contributed by atoms with Crippen molar-refractivity contribution in [1.82, 2.24) is 0 Å². The molecule has 5 aliphatic carbocycles. The number of aliphatic carboxylic acids is 1. The second-order valence-corrected chi connectivity index (χ2v) is 14.6. The minimum atomic E-state index is -1.08. The Balaban J connectivity index is 1.65. The highest BCUT2D eigenvalue weighted by atomic mass is 16.4. The van der Waals surface area contributed by atoms with Gasteiger partial charge >= 0.3 is 5.97 Å². The molecule has 0 aliphatic heterocycles. The molecule has 0 aromatic rings. The maximum absolute atomic E-state index is 12.8. The summed E-state index contributed by atoms with van der Waals surface area (Å²) in [6.45, 7) is 12.8. The van der Waals surface area contributed by atoms with E-state index in [-0.39, 0.29) is 41.1 Å². The Morgan fingerprint density at radius 3 is 2.28 bits per heavy atom. The summed E-state index contributed by atoms with van der Waals surface area (Å²) in [6.07, 6.45) is 4.44. The van der Waals surface area contributed by atoms with Gasteiger partial charge in [-0.15, -0.1) is 0 Å². The highest BCUT2D eigenvalue weighted by Gasteiger charge is 2.72. The van der Waals surface area contributed by atoms with Gasteiger partial charge in [-0.25, -0.2) is 0 Å². The quantitative estimate of drug-likeness (QED) is 0.363. The summed E-state index contributed by atoms with van der Waals surface area (Å²) in [4.78, 5) is 12.8. The molecule has 5 aliphatic rings. The minimum Gasteiger partial charge on any atom is -0.481 e. The fraction of sp³-hybridized carbons (Fsp3) is 0.900. The molecule has 5 N–H and O–H groups in total. The Hall–Kier alpha value is -0.950. The molecular formula is C30H48O6. The van der Waals surface area contributed by atoms with Gasteiger partial charge in [0.2, 0.25) is 0 Å². The van der Waals surface area contributed by atoms with Gasteiger partial charge in [-0.2, -0.15) is 0 Å². The lowest BCUT2D eigenvalue weighted by atomic mass is 9.32. The van der Waals surface area contributed by atoms with Gasteiger partial charge in [0.1, 0.15) is 0 Å². The van der Waals surface area contributed by atoms with Crippen LogP contribution in [0, 0.1) is 56.7 Å². The van der Waals surface area contributed by atoms with Gasteiger partial charge in [0.15, 0.2) is 0 Å². The van der Waals surface area contributed by atoms with Crippen molar-refractivity contribution in [3.8, 4) is 0 Å². The maximum Gasteiger partial charge on any atom is 0.310 e. The van der Waals surface area contributed by atoms with Crippen LogP contribution < -0.4 is 0 Å². The molecule has 0 aromatic heterocycles. The molecule has 5 rings (SSSR count). The molecule has 6 nitrogen and oxygen atoms in total. The van der Waals surface area contributed by atoms with Crippen LogP contribution in [0.2, 0.25) is 0 Å². The number of carbonyl (C=O) groups is 1. The number of aliphatic hydroxyl groups excluding tert-OH is 4. The zero-order chi connectivity index (χ0) is 26.6. The highest BCUT2D eigenvalue weighted by Crippen LogP contribution is 2.75. The molecule has 4 saturated carbocycles. The van der Waals surface area contributed by atoms with Crippen LogP contribution in [-0.4, -0.2) is 56.4 Å². The SMILES string of the molecule is C[C@@H]1[C@H](C)CC[C@@]2(C(=O)O)CC[C@]3(C)C(=CC[C@H]4[C@@]5(C)C[C@H](O)[C@H](O)[C@@](C)(CO)[C@@H]5[C@@H](O)C[C@@]43C)[C@H]12. The molecule has 4 fully saturated rings. The molecule has 0 unspecified atom stereocenters. The zero-order valence-corrected chi connectivity index (χ0v) is 23.0. The minimum absolute atomic E-state index is 0.000534. The van der Waals surface area contributed by atoms with Gasteiger partial charge in [-0.05, 0) is 84.9 Å². The number of hydrogen-bond acceptors (Lipinski definition) is 5. The summed E-state index contributed by atoms with van der Waals surface area (Å²) >= 11 is 0. The first kappa shape index (κ1) is 26.6. The van der Waals surface area contributed by atoms with Gasteiger partial charge in [-0.3, -0.25) is 4.79 Å². The molecule has 204 valence electrons. The third-order valence-corrected chi connectivity index (χ3v) is 13.4. The Labute approximate surface area is 216 Å². The lowest BCUT2D eigenvalue weighted by Gasteiger charge is -2.72. The smallest absolute Gasteiger partial charge is 0.310 e. The van der Waals surface area contributed by atoms with Crippen LogP contribution in [0.5, 0.6) is 0 Å². The summed E-state index contributed by atoms with van der Waals surface area (Å²) < 4.78 is 0. The number of carboxylic acid groups (broad SMARTS) is 1. The fourth-order valence-corrected chi connectivity index (χ4v) is 11.2. The van der Waals surface area contributed by atoms with E-state index in [1.165, 1.54) is 5.57 Å². The van der Waals surface area contributed by atoms with Crippen LogP contribution in [0.4, 0.5) is 0 Å². The van der Waals surface area contributed by atoms with Gasteiger partial charge in [-0.1, -0.05) is 53.2 Å². The van der Waals surface area contributed by atoms with E-state index in [0.717, 1.165) is 25.7 Å².